The summed E-state index contributed by atoms with van der Waals surface area (Å²) in [5, 5.41) is 0.0395. The highest BCUT2D eigenvalue weighted by molar-refractivity contribution is 7.89. The van der Waals surface area contributed by atoms with Crippen molar-refractivity contribution in [2.75, 3.05) is 6.54 Å². The monoisotopic (exact) mass is 246 g/mol. The van der Waals surface area contributed by atoms with Crippen LogP contribution in [-0.2, 0) is 16.6 Å². The molecule has 92 valence electrons. The molecule has 1 aromatic heterocycles. The summed E-state index contributed by atoms with van der Waals surface area (Å²) in [4.78, 5) is 3.83. The standard InChI is InChI=1S/C9H18N4O2S/c1-3-8(10)5-12-16(14,15)9-6-13(4-2)7-11-9/h6-8,12H,3-5,10H2,1-2H3. The van der Waals surface area contributed by atoms with Gasteiger partial charge in [-0.05, 0) is 13.3 Å². The third-order valence-corrected chi connectivity index (χ3v) is 3.62. The van der Waals surface area contributed by atoms with Gasteiger partial charge in [-0.15, -0.1) is 0 Å². The zero-order valence-corrected chi connectivity index (χ0v) is 10.4. The summed E-state index contributed by atoms with van der Waals surface area (Å²) in [5.74, 6) is 0. The molecule has 7 heteroatoms. The first-order valence-electron chi connectivity index (χ1n) is 5.26. The molecule has 16 heavy (non-hydrogen) atoms. The number of sulfonamides is 1. The minimum Gasteiger partial charge on any atom is -0.336 e. The van der Waals surface area contributed by atoms with Gasteiger partial charge in [-0.25, -0.2) is 18.1 Å². The Morgan fingerprint density at radius 2 is 2.25 bits per heavy atom. The van der Waals surface area contributed by atoms with E-state index in [0.29, 0.717) is 6.54 Å². The van der Waals surface area contributed by atoms with Crippen LogP contribution in [0, 0.1) is 0 Å². The minimum absolute atomic E-state index is 0.0395. The van der Waals surface area contributed by atoms with E-state index in [1.165, 1.54) is 12.5 Å². The Hall–Kier alpha value is -0.920. The predicted octanol–water partition coefficient (Wildman–Crippen LogP) is -0.0814. The van der Waals surface area contributed by atoms with Crippen molar-refractivity contribution in [1.29, 1.82) is 0 Å². The molecule has 6 nitrogen and oxygen atoms in total. The average molecular weight is 246 g/mol. The normalized spacial score (nSPS) is 13.9. The van der Waals surface area contributed by atoms with Gasteiger partial charge in [0.15, 0.2) is 5.03 Å². The van der Waals surface area contributed by atoms with Crippen LogP contribution in [0.5, 0.6) is 0 Å². The van der Waals surface area contributed by atoms with Crippen LogP contribution < -0.4 is 10.5 Å². The van der Waals surface area contributed by atoms with Gasteiger partial charge in [0.05, 0.1) is 6.33 Å². The van der Waals surface area contributed by atoms with E-state index in [1.54, 1.807) is 4.57 Å². The number of hydrogen-bond donors (Lipinski definition) is 2. The van der Waals surface area contributed by atoms with E-state index in [1.807, 2.05) is 13.8 Å². The SMILES string of the molecule is CCC(N)CNS(=O)(=O)c1cn(CC)cn1. The molecule has 0 radical (unpaired) electrons. The molecular formula is C9H18N4O2S. The second kappa shape index (κ2) is 5.42. The van der Waals surface area contributed by atoms with Crippen molar-refractivity contribution >= 4 is 10.0 Å². The van der Waals surface area contributed by atoms with Gasteiger partial charge in [0.2, 0.25) is 0 Å². The maximum absolute atomic E-state index is 11.7. The first-order valence-corrected chi connectivity index (χ1v) is 6.75. The van der Waals surface area contributed by atoms with E-state index < -0.39 is 10.0 Å². The second-order valence-electron chi connectivity index (χ2n) is 3.56. The van der Waals surface area contributed by atoms with Crippen molar-refractivity contribution < 1.29 is 8.42 Å². The van der Waals surface area contributed by atoms with Crippen molar-refractivity contribution in [2.45, 2.75) is 37.9 Å². The van der Waals surface area contributed by atoms with Gasteiger partial charge in [0, 0.05) is 25.3 Å². The van der Waals surface area contributed by atoms with Crippen molar-refractivity contribution in [2.24, 2.45) is 5.73 Å². The highest BCUT2D eigenvalue weighted by atomic mass is 32.2. The molecule has 0 aromatic carbocycles. The second-order valence-corrected chi connectivity index (χ2v) is 5.28. The lowest BCUT2D eigenvalue weighted by Gasteiger charge is -2.09. The van der Waals surface area contributed by atoms with E-state index in [2.05, 4.69) is 9.71 Å². The van der Waals surface area contributed by atoms with Gasteiger partial charge in [0.1, 0.15) is 0 Å². The zero-order valence-electron chi connectivity index (χ0n) is 9.55. The quantitative estimate of drug-likeness (QED) is 0.734. The van der Waals surface area contributed by atoms with E-state index in [9.17, 15) is 8.42 Å². The van der Waals surface area contributed by atoms with Crippen molar-refractivity contribution in [3.05, 3.63) is 12.5 Å². The Kier molecular flexibility index (Phi) is 4.45. The molecule has 0 aliphatic carbocycles. The van der Waals surface area contributed by atoms with Crippen LogP contribution in [0.15, 0.2) is 17.6 Å². The Morgan fingerprint density at radius 3 is 2.75 bits per heavy atom. The Bertz CT molecular complexity index is 426. The van der Waals surface area contributed by atoms with Crippen molar-refractivity contribution in [3.63, 3.8) is 0 Å². The van der Waals surface area contributed by atoms with Crippen LogP contribution in [0.2, 0.25) is 0 Å². The van der Waals surface area contributed by atoms with Crippen LogP contribution >= 0.6 is 0 Å². The van der Waals surface area contributed by atoms with E-state index in [4.69, 9.17) is 5.73 Å². The number of aryl methyl sites for hydroxylation is 1. The Morgan fingerprint density at radius 1 is 1.56 bits per heavy atom. The number of hydrogen-bond acceptors (Lipinski definition) is 4. The summed E-state index contributed by atoms with van der Waals surface area (Å²) < 4.78 is 27.6. The van der Waals surface area contributed by atoms with Gasteiger partial charge in [-0.1, -0.05) is 6.92 Å². The summed E-state index contributed by atoms with van der Waals surface area (Å²) in [6.07, 6.45) is 3.72. The molecule has 0 amide bonds. The number of aromatic nitrogens is 2. The maximum Gasteiger partial charge on any atom is 0.259 e. The fourth-order valence-electron chi connectivity index (χ4n) is 1.09. The topological polar surface area (TPSA) is 90.0 Å². The van der Waals surface area contributed by atoms with Crippen LogP contribution in [0.3, 0.4) is 0 Å². The number of imidazole rings is 1. The molecular weight excluding hydrogens is 228 g/mol. The molecule has 0 aliphatic rings. The lowest BCUT2D eigenvalue weighted by Crippen LogP contribution is -2.36. The zero-order chi connectivity index (χ0) is 12.2. The van der Waals surface area contributed by atoms with E-state index in [0.717, 1.165) is 6.42 Å². The van der Waals surface area contributed by atoms with Gasteiger partial charge < -0.3 is 10.3 Å². The molecule has 3 N–H and O–H groups in total. The Labute approximate surface area is 95.9 Å². The molecule has 0 spiro atoms. The molecule has 0 saturated carbocycles. The van der Waals surface area contributed by atoms with Crippen LogP contribution in [0.4, 0.5) is 0 Å². The first kappa shape index (κ1) is 13.1. The third kappa shape index (κ3) is 3.29. The maximum atomic E-state index is 11.7. The molecule has 1 heterocycles. The molecule has 1 atom stereocenters. The smallest absolute Gasteiger partial charge is 0.259 e. The van der Waals surface area contributed by atoms with Crippen LogP contribution in [-0.4, -0.2) is 30.6 Å². The van der Waals surface area contributed by atoms with Crippen LogP contribution in [0.1, 0.15) is 20.3 Å². The largest absolute Gasteiger partial charge is 0.336 e. The summed E-state index contributed by atoms with van der Waals surface area (Å²) in [6, 6.07) is -0.164. The summed E-state index contributed by atoms with van der Waals surface area (Å²) >= 11 is 0. The van der Waals surface area contributed by atoms with Gasteiger partial charge >= 0.3 is 0 Å². The molecule has 0 bridgehead atoms. The van der Waals surface area contributed by atoms with Crippen LogP contribution in [0.25, 0.3) is 0 Å². The van der Waals surface area contributed by atoms with Crippen molar-refractivity contribution in [3.8, 4) is 0 Å². The fourth-order valence-corrected chi connectivity index (χ4v) is 2.13. The number of rotatable bonds is 6. The van der Waals surface area contributed by atoms with Gasteiger partial charge in [0.25, 0.3) is 10.0 Å². The minimum atomic E-state index is -3.52. The molecule has 1 rings (SSSR count). The highest BCUT2D eigenvalue weighted by Crippen LogP contribution is 2.04. The highest BCUT2D eigenvalue weighted by Gasteiger charge is 2.17. The first-order chi connectivity index (χ1) is 7.49. The summed E-state index contributed by atoms with van der Waals surface area (Å²) in [6.45, 7) is 4.75. The average Bonchev–Trinajstić information content (AvgIpc) is 2.75. The molecule has 1 unspecified atom stereocenters. The molecule has 0 saturated heterocycles. The van der Waals surface area contributed by atoms with E-state index >= 15 is 0 Å². The number of nitrogens with two attached hydrogens (primary N) is 1. The van der Waals surface area contributed by atoms with Gasteiger partial charge in [-0.2, -0.15) is 0 Å². The number of nitrogens with zero attached hydrogens (tertiary/aromatic N) is 2. The number of nitrogens with one attached hydrogen (secondary N) is 1. The lowest BCUT2D eigenvalue weighted by molar-refractivity contribution is 0.561. The fraction of sp³-hybridized carbons (Fsp3) is 0.667. The predicted molar refractivity (Wildman–Crippen MR) is 61.4 cm³/mol. The molecule has 0 fully saturated rings. The Balaban J connectivity index is 2.70. The third-order valence-electron chi connectivity index (χ3n) is 2.31. The lowest BCUT2D eigenvalue weighted by atomic mass is 10.2. The van der Waals surface area contributed by atoms with Crippen molar-refractivity contribution in [1.82, 2.24) is 14.3 Å². The van der Waals surface area contributed by atoms with Gasteiger partial charge in [-0.3, -0.25) is 0 Å². The molecule has 0 aliphatic heterocycles. The van der Waals surface area contributed by atoms with E-state index in [-0.39, 0.29) is 17.6 Å². The summed E-state index contributed by atoms with van der Waals surface area (Å²) in [5.41, 5.74) is 5.64. The summed E-state index contributed by atoms with van der Waals surface area (Å²) in [7, 11) is -3.52. The molecule has 1 aromatic rings.